The third-order valence-corrected chi connectivity index (χ3v) is 3.03. The van der Waals surface area contributed by atoms with Crippen molar-refractivity contribution in [3.8, 4) is 0 Å². The maximum absolute atomic E-state index is 11.2. The minimum absolute atomic E-state index is 0.225. The predicted molar refractivity (Wildman–Crippen MR) is 43.3 cm³/mol. The molecule has 3 nitrogen and oxygen atoms in total. The Bertz CT molecular complexity index is 190. The Morgan fingerprint density at radius 3 is 2.90 bits per heavy atom. The number of hydrazone groups is 1. The average Bonchev–Trinajstić information content (AvgIpc) is 1.82. The highest BCUT2D eigenvalue weighted by Gasteiger charge is 2.20. The SMILES string of the molecule is CC1=NN(C)CC(C)S1=O. The molecule has 2 atom stereocenters. The topological polar surface area (TPSA) is 32.7 Å². The molecule has 0 aromatic rings. The quantitative estimate of drug-likeness (QED) is 0.514. The molecule has 0 radical (unpaired) electrons. The smallest absolute Gasteiger partial charge is 0.121 e. The van der Waals surface area contributed by atoms with Gasteiger partial charge >= 0.3 is 0 Å². The fraction of sp³-hybridized carbons (Fsp3) is 0.833. The van der Waals surface area contributed by atoms with E-state index in [4.69, 9.17) is 0 Å². The van der Waals surface area contributed by atoms with E-state index in [2.05, 4.69) is 5.10 Å². The maximum atomic E-state index is 11.2. The van der Waals surface area contributed by atoms with Gasteiger partial charge in [-0.3, -0.25) is 9.22 Å². The van der Waals surface area contributed by atoms with E-state index < -0.39 is 10.8 Å². The van der Waals surface area contributed by atoms with Gasteiger partial charge in [0.05, 0.1) is 22.6 Å². The van der Waals surface area contributed by atoms with Gasteiger partial charge in [-0.2, -0.15) is 5.10 Å². The van der Waals surface area contributed by atoms with Crippen LogP contribution in [-0.4, -0.2) is 33.1 Å². The van der Waals surface area contributed by atoms with Crippen LogP contribution >= 0.6 is 0 Å². The van der Waals surface area contributed by atoms with Crippen molar-refractivity contribution >= 4 is 15.8 Å². The average molecular weight is 160 g/mol. The van der Waals surface area contributed by atoms with Gasteiger partial charge in [0.2, 0.25) is 0 Å². The third-order valence-electron chi connectivity index (χ3n) is 1.49. The molecular weight excluding hydrogens is 148 g/mol. The van der Waals surface area contributed by atoms with Gasteiger partial charge in [0.25, 0.3) is 0 Å². The molecule has 1 aliphatic rings. The van der Waals surface area contributed by atoms with E-state index in [9.17, 15) is 4.21 Å². The zero-order valence-electron chi connectivity index (χ0n) is 6.50. The van der Waals surface area contributed by atoms with E-state index in [1.807, 2.05) is 25.9 Å². The molecule has 10 heavy (non-hydrogen) atoms. The monoisotopic (exact) mass is 160 g/mol. The summed E-state index contributed by atoms with van der Waals surface area (Å²) in [6.45, 7) is 4.58. The van der Waals surface area contributed by atoms with Crippen LogP contribution in [-0.2, 0) is 10.8 Å². The first-order valence-corrected chi connectivity index (χ1v) is 4.49. The van der Waals surface area contributed by atoms with Crippen LogP contribution in [0.1, 0.15) is 13.8 Å². The van der Waals surface area contributed by atoms with E-state index in [1.165, 1.54) is 0 Å². The lowest BCUT2D eigenvalue weighted by Gasteiger charge is -2.23. The van der Waals surface area contributed by atoms with Gasteiger partial charge < -0.3 is 0 Å². The number of hydrogen-bond donors (Lipinski definition) is 0. The van der Waals surface area contributed by atoms with E-state index >= 15 is 0 Å². The zero-order valence-corrected chi connectivity index (χ0v) is 7.31. The first kappa shape index (κ1) is 7.72. The van der Waals surface area contributed by atoms with Crippen LogP contribution in [0.2, 0.25) is 0 Å². The Balaban J connectivity index is 2.81. The Hall–Kier alpha value is -0.380. The molecule has 2 unspecified atom stereocenters. The van der Waals surface area contributed by atoms with Crippen molar-refractivity contribution in [3.63, 3.8) is 0 Å². The van der Waals surface area contributed by atoms with Crippen LogP contribution in [0.4, 0.5) is 0 Å². The molecule has 0 saturated carbocycles. The molecule has 0 bridgehead atoms. The molecule has 0 fully saturated rings. The molecule has 0 spiro atoms. The summed E-state index contributed by atoms with van der Waals surface area (Å²) in [6, 6.07) is 0. The minimum Gasteiger partial charge on any atom is -0.298 e. The lowest BCUT2D eigenvalue weighted by atomic mass is 10.5. The molecule has 4 heteroatoms. The minimum atomic E-state index is -0.842. The Morgan fingerprint density at radius 1 is 1.80 bits per heavy atom. The van der Waals surface area contributed by atoms with Gasteiger partial charge in [0.15, 0.2) is 0 Å². The van der Waals surface area contributed by atoms with Crippen molar-refractivity contribution in [2.45, 2.75) is 19.1 Å². The molecule has 58 valence electrons. The summed E-state index contributed by atoms with van der Waals surface area (Å²) in [6.07, 6.45) is 0. The van der Waals surface area contributed by atoms with Gasteiger partial charge in [-0.1, -0.05) is 0 Å². The zero-order chi connectivity index (χ0) is 7.72. The molecule has 0 aliphatic carbocycles. The lowest BCUT2D eigenvalue weighted by molar-refractivity contribution is 0.353. The summed E-state index contributed by atoms with van der Waals surface area (Å²) in [5.74, 6) is 0. The van der Waals surface area contributed by atoms with E-state index in [0.29, 0.717) is 0 Å². The van der Waals surface area contributed by atoms with Gasteiger partial charge in [-0.25, -0.2) is 0 Å². The van der Waals surface area contributed by atoms with Crippen LogP contribution in [0.25, 0.3) is 0 Å². The van der Waals surface area contributed by atoms with Crippen LogP contribution in [0.5, 0.6) is 0 Å². The molecule has 1 rings (SSSR count). The predicted octanol–water partition coefficient (Wildman–Crippen LogP) is 0.402. The third kappa shape index (κ3) is 1.37. The summed E-state index contributed by atoms with van der Waals surface area (Å²) < 4.78 is 11.2. The maximum Gasteiger partial charge on any atom is 0.121 e. The van der Waals surface area contributed by atoms with Crippen LogP contribution < -0.4 is 0 Å². The molecule has 0 aromatic heterocycles. The number of hydrogen-bond acceptors (Lipinski definition) is 3. The molecule has 1 aliphatic heterocycles. The summed E-state index contributed by atoms with van der Waals surface area (Å²) in [5.41, 5.74) is 0. The van der Waals surface area contributed by atoms with E-state index in [1.54, 1.807) is 0 Å². The van der Waals surface area contributed by atoms with Gasteiger partial charge in [0.1, 0.15) is 5.04 Å². The van der Waals surface area contributed by atoms with E-state index in [0.717, 1.165) is 11.6 Å². The Morgan fingerprint density at radius 2 is 2.40 bits per heavy atom. The highest BCUT2D eigenvalue weighted by Crippen LogP contribution is 2.07. The highest BCUT2D eigenvalue weighted by molar-refractivity contribution is 8.01. The van der Waals surface area contributed by atoms with Gasteiger partial charge in [-0.15, -0.1) is 0 Å². The highest BCUT2D eigenvalue weighted by atomic mass is 32.2. The van der Waals surface area contributed by atoms with Crippen molar-refractivity contribution in [1.82, 2.24) is 5.01 Å². The lowest BCUT2D eigenvalue weighted by Crippen LogP contribution is -2.35. The van der Waals surface area contributed by atoms with Crippen molar-refractivity contribution in [2.75, 3.05) is 13.6 Å². The summed E-state index contributed by atoms with van der Waals surface area (Å²) in [5, 5.41) is 6.86. The fourth-order valence-electron chi connectivity index (χ4n) is 1.05. The first-order chi connectivity index (χ1) is 4.61. The Labute approximate surface area is 63.6 Å². The molecule has 0 aromatic carbocycles. The number of nitrogens with zero attached hydrogens (tertiary/aromatic N) is 2. The van der Waals surface area contributed by atoms with Crippen LogP contribution in [0.3, 0.4) is 0 Å². The van der Waals surface area contributed by atoms with Crippen LogP contribution in [0, 0.1) is 0 Å². The second-order valence-electron chi connectivity index (χ2n) is 2.57. The molecule has 1 heterocycles. The normalized spacial score (nSPS) is 33.9. The van der Waals surface area contributed by atoms with Gasteiger partial charge in [-0.05, 0) is 13.8 Å². The van der Waals surface area contributed by atoms with Gasteiger partial charge in [0, 0.05) is 7.05 Å². The Kier molecular flexibility index (Phi) is 2.08. The summed E-state index contributed by atoms with van der Waals surface area (Å²) in [4.78, 5) is 0. The molecule has 0 saturated heterocycles. The van der Waals surface area contributed by atoms with Crippen molar-refractivity contribution in [1.29, 1.82) is 0 Å². The molecule has 0 amide bonds. The largest absolute Gasteiger partial charge is 0.298 e. The van der Waals surface area contributed by atoms with Crippen molar-refractivity contribution < 1.29 is 4.21 Å². The first-order valence-electron chi connectivity index (χ1n) is 3.28. The second-order valence-corrected chi connectivity index (χ2v) is 4.56. The van der Waals surface area contributed by atoms with E-state index in [-0.39, 0.29) is 5.25 Å². The summed E-state index contributed by atoms with van der Waals surface area (Å²) >= 11 is 0. The molecular formula is C6H12N2OS. The second kappa shape index (κ2) is 2.70. The van der Waals surface area contributed by atoms with Crippen LogP contribution in [0.15, 0.2) is 5.10 Å². The molecule has 0 N–H and O–H groups in total. The number of rotatable bonds is 0. The summed E-state index contributed by atoms with van der Waals surface area (Å²) in [7, 11) is 1.06. The fourth-order valence-corrected chi connectivity index (χ4v) is 2.21. The standard InChI is InChI=1S/C6H12N2OS/c1-5-4-8(3)7-6(2)10(5)9/h5H,4H2,1-3H3. The van der Waals surface area contributed by atoms with Crippen molar-refractivity contribution in [2.24, 2.45) is 5.10 Å². The van der Waals surface area contributed by atoms with Crippen molar-refractivity contribution in [3.05, 3.63) is 0 Å².